The molecule has 0 bridgehead atoms. The van der Waals surface area contributed by atoms with Gasteiger partial charge in [-0.25, -0.2) is 9.97 Å². The molecule has 0 amide bonds. The number of rotatable bonds is 5. The van der Waals surface area contributed by atoms with Gasteiger partial charge in [0.15, 0.2) is 5.82 Å². The Kier molecular flexibility index (Phi) is 4.04. The molecule has 0 aliphatic rings. The monoisotopic (exact) mass is 295 g/mol. The summed E-state index contributed by atoms with van der Waals surface area (Å²) in [6, 6.07) is 10.3. The van der Waals surface area contributed by atoms with Crippen molar-refractivity contribution in [3.05, 3.63) is 47.4 Å². The van der Waals surface area contributed by atoms with Crippen LogP contribution in [0.15, 0.2) is 30.3 Å². The fraction of sp³-hybridized carbons (Fsp3) is 0.353. The minimum absolute atomic E-state index is 0.740. The predicted octanol–water partition coefficient (Wildman–Crippen LogP) is 3.33. The second kappa shape index (κ2) is 6.13. The first-order valence-electron chi connectivity index (χ1n) is 7.74. The molecule has 0 aliphatic heterocycles. The lowest BCUT2D eigenvalue weighted by molar-refractivity contribution is 0.675. The predicted molar refractivity (Wildman–Crippen MR) is 88.9 cm³/mol. The van der Waals surface area contributed by atoms with Gasteiger partial charge in [-0.2, -0.15) is 5.10 Å². The topological polar surface area (TPSA) is 55.6 Å². The lowest BCUT2D eigenvalue weighted by Crippen LogP contribution is -2.07. The van der Waals surface area contributed by atoms with Crippen molar-refractivity contribution in [2.24, 2.45) is 0 Å². The molecule has 0 saturated heterocycles. The minimum Gasteiger partial charge on any atom is -0.364 e. The number of anilines is 1. The molecule has 0 aliphatic carbocycles. The van der Waals surface area contributed by atoms with Crippen molar-refractivity contribution in [1.82, 2.24) is 19.7 Å². The van der Waals surface area contributed by atoms with Crippen LogP contribution in [0.25, 0.3) is 11.0 Å². The van der Waals surface area contributed by atoms with Gasteiger partial charge in [0.1, 0.15) is 16.9 Å². The van der Waals surface area contributed by atoms with Crippen molar-refractivity contribution in [2.45, 2.75) is 40.3 Å². The number of benzene rings is 1. The Hall–Kier alpha value is -2.43. The zero-order valence-electron chi connectivity index (χ0n) is 13.3. The van der Waals surface area contributed by atoms with Gasteiger partial charge < -0.3 is 5.32 Å². The second-order valence-electron chi connectivity index (χ2n) is 5.28. The number of hydrogen-bond donors (Lipinski definition) is 1. The van der Waals surface area contributed by atoms with Crippen molar-refractivity contribution >= 4 is 16.9 Å². The van der Waals surface area contributed by atoms with Crippen LogP contribution < -0.4 is 5.32 Å². The molecule has 0 spiro atoms. The molecule has 0 atom stereocenters. The molecule has 3 rings (SSSR count). The van der Waals surface area contributed by atoms with Crippen LogP contribution in [0, 0.1) is 6.92 Å². The van der Waals surface area contributed by atoms with Crippen molar-refractivity contribution in [2.75, 3.05) is 5.32 Å². The zero-order chi connectivity index (χ0) is 15.5. The quantitative estimate of drug-likeness (QED) is 0.784. The van der Waals surface area contributed by atoms with Crippen LogP contribution in [0.1, 0.15) is 30.9 Å². The van der Waals surface area contributed by atoms with E-state index in [2.05, 4.69) is 46.4 Å². The first-order valence-corrected chi connectivity index (χ1v) is 7.74. The van der Waals surface area contributed by atoms with E-state index in [0.717, 1.165) is 47.9 Å². The SMILES string of the molecule is CCc1nc(NCc2ccccc2)c2c(n1)c(C)nn2CC. The zero-order valence-corrected chi connectivity index (χ0v) is 13.3. The highest BCUT2D eigenvalue weighted by Gasteiger charge is 2.15. The van der Waals surface area contributed by atoms with Crippen LogP contribution in [-0.2, 0) is 19.5 Å². The molecule has 5 nitrogen and oxygen atoms in total. The van der Waals surface area contributed by atoms with Gasteiger partial charge in [-0.15, -0.1) is 0 Å². The van der Waals surface area contributed by atoms with E-state index in [4.69, 9.17) is 0 Å². The van der Waals surface area contributed by atoms with Gasteiger partial charge in [0.2, 0.25) is 0 Å². The molecular weight excluding hydrogens is 274 g/mol. The lowest BCUT2D eigenvalue weighted by atomic mass is 10.2. The third-order valence-corrected chi connectivity index (χ3v) is 3.72. The summed E-state index contributed by atoms with van der Waals surface area (Å²) in [5.41, 5.74) is 4.13. The van der Waals surface area contributed by atoms with Gasteiger partial charge in [-0.1, -0.05) is 37.3 Å². The molecular formula is C17H21N5. The van der Waals surface area contributed by atoms with Crippen molar-refractivity contribution in [1.29, 1.82) is 0 Å². The van der Waals surface area contributed by atoms with E-state index in [0.29, 0.717) is 0 Å². The highest BCUT2D eigenvalue weighted by Crippen LogP contribution is 2.24. The summed E-state index contributed by atoms with van der Waals surface area (Å²) in [7, 11) is 0. The van der Waals surface area contributed by atoms with E-state index in [1.54, 1.807) is 0 Å². The standard InChI is InChI=1S/C17H21N5/c1-4-14-19-15-12(3)21-22(5-2)16(15)17(20-14)18-11-13-9-7-6-8-10-13/h6-10H,4-5,11H2,1-3H3,(H,18,19,20). The van der Waals surface area contributed by atoms with Gasteiger partial charge in [-0.3, -0.25) is 4.68 Å². The minimum atomic E-state index is 0.740. The summed E-state index contributed by atoms with van der Waals surface area (Å²) in [5.74, 6) is 1.72. The van der Waals surface area contributed by atoms with Gasteiger partial charge in [0, 0.05) is 19.5 Å². The Morgan fingerprint density at radius 2 is 1.86 bits per heavy atom. The highest BCUT2D eigenvalue weighted by atomic mass is 15.3. The molecule has 5 heteroatoms. The molecule has 0 saturated carbocycles. The van der Waals surface area contributed by atoms with E-state index in [9.17, 15) is 0 Å². The van der Waals surface area contributed by atoms with E-state index >= 15 is 0 Å². The molecule has 0 unspecified atom stereocenters. The van der Waals surface area contributed by atoms with Crippen LogP contribution in [0.5, 0.6) is 0 Å². The summed E-state index contributed by atoms with van der Waals surface area (Å²) >= 11 is 0. The smallest absolute Gasteiger partial charge is 0.156 e. The second-order valence-corrected chi connectivity index (χ2v) is 5.28. The lowest BCUT2D eigenvalue weighted by Gasteiger charge is -2.10. The summed E-state index contributed by atoms with van der Waals surface area (Å²) < 4.78 is 1.97. The molecule has 1 N–H and O–H groups in total. The number of nitrogens with zero attached hydrogens (tertiary/aromatic N) is 4. The Labute approximate surface area is 130 Å². The Bertz CT molecular complexity index is 777. The number of hydrogen-bond acceptors (Lipinski definition) is 4. The Morgan fingerprint density at radius 3 is 2.55 bits per heavy atom. The highest BCUT2D eigenvalue weighted by molar-refractivity contribution is 5.87. The maximum atomic E-state index is 4.67. The first-order chi connectivity index (χ1) is 10.7. The van der Waals surface area contributed by atoms with Crippen LogP contribution in [0.2, 0.25) is 0 Å². The van der Waals surface area contributed by atoms with E-state index in [1.807, 2.05) is 29.8 Å². The summed E-state index contributed by atoms with van der Waals surface area (Å²) in [6.45, 7) is 7.70. The van der Waals surface area contributed by atoms with E-state index in [-0.39, 0.29) is 0 Å². The molecule has 3 aromatic rings. The van der Waals surface area contributed by atoms with Crippen LogP contribution in [-0.4, -0.2) is 19.7 Å². The van der Waals surface area contributed by atoms with Crippen LogP contribution in [0.4, 0.5) is 5.82 Å². The van der Waals surface area contributed by atoms with Crippen molar-refractivity contribution in [3.63, 3.8) is 0 Å². The van der Waals surface area contributed by atoms with Crippen LogP contribution in [0.3, 0.4) is 0 Å². The number of aryl methyl sites for hydroxylation is 3. The largest absolute Gasteiger partial charge is 0.364 e. The molecule has 2 aromatic heterocycles. The normalized spacial score (nSPS) is 11.0. The number of fused-ring (bicyclic) bond motifs is 1. The van der Waals surface area contributed by atoms with E-state index in [1.165, 1.54) is 5.56 Å². The maximum Gasteiger partial charge on any atom is 0.156 e. The average molecular weight is 295 g/mol. The Balaban J connectivity index is 2.02. The number of aromatic nitrogens is 4. The van der Waals surface area contributed by atoms with Gasteiger partial charge in [0.25, 0.3) is 0 Å². The fourth-order valence-corrected chi connectivity index (χ4v) is 2.57. The average Bonchev–Trinajstić information content (AvgIpc) is 2.90. The van der Waals surface area contributed by atoms with E-state index < -0.39 is 0 Å². The summed E-state index contributed by atoms with van der Waals surface area (Å²) in [4.78, 5) is 9.32. The first kappa shape index (κ1) is 14.5. The maximum absolute atomic E-state index is 4.67. The molecule has 1 aromatic carbocycles. The molecule has 0 radical (unpaired) electrons. The summed E-state index contributed by atoms with van der Waals surface area (Å²) in [6.07, 6.45) is 0.812. The molecule has 114 valence electrons. The summed E-state index contributed by atoms with van der Waals surface area (Å²) in [5, 5.41) is 8.03. The third-order valence-electron chi connectivity index (χ3n) is 3.72. The molecule has 0 fully saturated rings. The van der Waals surface area contributed by atoms with Crippen molar-refractivity contribution < 1.29 is 0 Å². The third kappa shape index (κ3) is 2.66. The van der Waals surface area contributed by atoms with Gasteiger partial charge in [0.05, 0.1) is 5.69 Å². The fourth-order valence-electron chi connectivity index (χ4n) is 2.57. The Morgan fingerprint density at radius 1 is 1.09 bits per heavy atom. The molecule has 22 heavy (non-hydrogen) atoms. The van der Waals surface area contributed by atoms with Gasteiger partial charge >= 0.3 is 0 Å². The molecule has 2 heterocycles. The van der Waals surface area contributed by atoms with Gasteiger partial charge in [-0.05, 0) is 19.4 Å². The van der Waals surface area contributed by atoms with Crippen LogP contribution >= 0.6 is 0 Å². The number of nitrogens with one attached hydrogen (secondary N) is 1. The van der Waals surface area contributed by atoms with Crippen molar-refractivity contribution in [3.8, 4) is 0 Å².